The molecular weight excluding hydrogens is 283 g/mol. The number of rotatable bonds is 3. The molecular formula is C6H14BrN2NaO3S. The third-order valence-electron chi connectivity index (χ3n) is 1.57. The molecule has 0 spiro atoms. The number of hydrogen-bond donors (Lipinski definition) is 1. The minimum atomic E-state index is -3.82. The molecule has 1 N–H and O–H groups in total. The van der Waals surface area contributed by atoms with Crippen LogP contribution in [0, 0.1) is 0 Å². The normalized spacial score (nSPS) is 15.0. The maximum Gasteiger partial charge on any atom is 1.00 e. The Kier molecular flexibility index (Phi) is 8.66. The standard InChI is InChI=1S/C6H12N2O3S.BrH.Na.H/c1-7-2-3-8(6-7)4-5-12(9,10)11;;;/h2-3H,4-6H2,1H3,(H,9,10,11);1H;;/q;;+1;-1. The van der Waals surface area contributed by atoms with Gasteiger partial charge in [-0.2, -0.15) is 8.42 Å². The van der Waals surface area contributed by atoms with Crippen LogP contribution in [0.15, 0.2) is 12.4 Å². The average molecular weight is 297 g/mol. The zero-order valence-electron chi connectivity index (χ0n) is 9.25. The fraction of sp³-hybridized carbons (Fsp3) is 0.667. The maximum absolute atomic E-state index is 10.4. The van der Waals surface area contributed by atoms with Crippen LogP contribution in [0.2, 0.25) is 0 Å². The molecule has 1 heterocycles. The van der Waals surface area contributed by atoms with Gasteiger partial charge in [0.25, 0.3) is 10.1 Å². The van der Waals surface area contributed by atoms with Crippen molar-refractivity contribution in [3.63, 3.8) is 0 Å². The SMILES string of the molecule is Br.CN1C=CN(CCS(=O)(=O)O)C1.[H-].[Na+]. The van der Waals surface area contributed by atoms with Gasteiger partial charge in [-0.1, -0.05) is 0 Å². The minimum Gasteiger partial charge on any atom is -1.00 e. The first-order chi connectivity index (χ1) is 5.47. The van der Waals surface area contributed by atoms with Crippen LogP contribution in [0.4, 0.5) is 0 Å². The van der Waals surface area contributed by atoms with Crippen LogP contribution in [0.1, 0.15) is 1.43 Å². The molecule has 0 aliphatic carbocycles. The zero-order chi connectivity index (χ0) is 9.19. The molecule has 1 aliphatic rings. The van der Waals surface area contributed by atoms with Gasteiger partial charge in [-0.25, -0.2) is 0 Å². The summed E-state index contributed by atoms with van der Waals surface area (Å²) in [5, 5.41) is 0. The smallest absolute Gasteiger partial charge is 1.00 e. The Balaban J connectivity index is -0.000000480. The predicted molar refractivity (Wildman–Crippen MR) is 56.3 cm³/mol. The summed E-state index contributed by atoms with van der Waals surface area (Å²) in [4.78, 5) is 3.73. The quantitative estimate of drug-likeness (QED) is 0.452. The Hall–Kier alpha value is 0.730. The van der Waals surface area contributed by atoms with Gasteiger partial charge in [-0.05, 0) is 0 Å². The van der Waals surface area contributed by atoms with E-state index in [0.29, 0.717) is 13.2 Å². The van der Waals surface area contributed by atoms with Crippen LogP contribution < -0.4 is 29.6 Å². The van der Waals surface area contributed by atoms with E-state index >= 15 is 0 Å². The molecule has 0 fully saturated rings. The van der Waals surface area contributed by atoms with Gasteiger partial charge in [0.1, 0.15) is 0 Å². The van der Waals surface area contributed by atoms with Gasteiger partial charge >= 0.3 is 29.6 Å². The van der Waals surface area contributed by atoms with Crippen molar-refractivity contribution in [1.82, 2.24) is 9.80 Å². The predicted octanol–water partition coefficient (Wildman–Crippen LogP) is -2.76. The molecule has 0 bridgehead atoms. The van der Waals surface area contributed by atoms with Gasteiger partial charge in [0, 0.05) is 26.0 Å². The molecule has 1 rings (SSSR count). The molecule has 0 unspecified atom stereocenters. The van der Waals surface area contributed by atoms with Crippen LogP contribution in [-0.4, -0.2) is 48.8 Å². The molecule has 0 saturated carbocycles. The van der Waals surface area contributed by atoms with E-state index in [1.165, 1.54) is 0 Å². The molecule has 0 aromatic rings. The Morgan fingerprint density at radius 3 is 2.43 bits per heavy atom. The first-order valence-electron chi connectivity index (χ1n) is 3.55. The van der Waals surface area contributed by atoms with Gasteiger partial charge in [-0.15, -0.1) is 17.0 Å². The monoisotopic (exact) mass is 296 g/mol. The summed E-state index contributed by atoms with van der Waals surface area (Å²) in [7, 11) is -1.93. The molecule has 0 radical (unpaired) electrons. The van der Waals surface area contributed by atoms with Crippen LogP contribution in [0.3, 0.4) is 0 Å². The third-order valence-corrected chi connectivity index (χ3v) is 2.27. The molecule has 0 aromatic carbocycles. The van der Waals surface area contributed by atoms with E-state index in [2.05, 4.69) is 0 Å². The second kappa shape index (κ2) is 7.08. The maximum atomic E-state index is 10.4. The topological polar surface area (TPSA) is 60.9 Å². The van der Waals surface area contributed by atoms with Gasteiger partial charge in [0.05, 0.1) is 12.4 Å². The Labute approximate surface area is 118 Å². The summed E-state index contributed by atoms with van der Waals surface area (Å²) < 4.78 is 29.2. The van der Waals surface area contributed by atoms with Gasteiger partial charge in [0.15, 0.2) is 0 Å². The van der Waals surface area contributed by atoms with Gasteiger partial charge in [0.2, 0.25) is 0 Å². The van der Waals surface area contributed by atoms with Crippen molar-refractivity contribution in [2.75, 3.05) is 26.0 Å². The summed E-state index contributed by atoms with van der Waals surface area (Å²) in [5.41, 5.74) is 0. The number of halogens is 1. The van der Waals surface area contributed by atoms with Crippen LogP contribution in [-0.2, 0) is 10.1 Å². The molecule has 8 heteroatoms. The summed E-state index contributed by atoms with van der Waals surface area (Å²) in [6.07, 6.45) is 3.65. The van der Waals surface area contributed by atoms with Crippen molar-refractivity contribution >= 4 is 27.1 Å². The van der Waals surface area contributed by atoms with Crippen molar-refractivity contribution in [3.8, 4) is 0 Å². The summed E-state index contributed by atoms with van der Waals surface area (Å²) >= 11 is 0. The van der Waals surface area contributed by atoms with Crippen LogP contribution >= 0.6 is 17.0 Å². The number of hydrogen-bond acceptors (Lipinski definition) is 4. The number of nitrogens with zero attached hydrogens (tertiary/aromatic N) is 2. The van der Waals surface area contributed by atoms with Gasteiger partial charge in [-0.3, -0.25) is 4.55 Å². The molecule has 80 valence electrons. The zero-order valence-corrected chi connectivity index (χ0v) is 12.8. The first-order valence-corrected chi connectivity index (χ1v) is 5.16. The van der Waals surface area contributed by atoms with E-state index in [0.717, 1.165) is 0 Å². The van der Waals surface area contributed by atoms with E-state index in [1.807, 2.05) is 23.0 Å². The van der Waals surface area contributed by atoms with Gasteiger partial charge < -0.3 is 11.2 Å². The van der Waals surface area contributed by atoms with Crippen LogP contribution in [0.5, 0.6) is 0 Å². The Morgan fingerprint density at radius 1 is 1.50 bits per heavy atom. The molecule has 0 atom stereocenters. The third kappa shape index (κ3) is 7.08. The van der Waals surface area contributed by atoms with Crippen molar-refractivity contribution in [3.05, 3.63) is 12.4 Å². The summed E-state index contributed by atoms with van der Waals surface area (Å²) in [5.74, 6) is -0.217. The van der Waals surface area contributed by atoms with Crippen molar-refractivity contribution in [2.24, 2.45) is 0 Å². The van der Waals surface area contributed by atoms with E-state index < -0.39 is 10.1 Å². The van der Waals surface area contributed by atoms with E-state index in [1.54, 1.807) is 6.20 Å². The molecule has 1 aliphatic heterocycles. The van der Waals surface area contributed by atoms with E-state index in [9.17, 15) is 8.42 Å². The van der Waals surface area contributed by atoms with E-state index in [-0.39, 0.29) is 53.7 Å². The second-order valence-electron chi connectivity index (χ2n) is 2.79. The molecule has 0 aromatic heterocycles. The van der Waals surface area contributed by atoms with Crippen molar-refractivity contribution < 1.29 is 44.0 Å². The Morgan fingerprint density at radius 2 is 2.07 bits per heavy atom. The van der Waals surface area contributed by atoms with Crippen molar-refractivity contribution in [1.29, 1.82) is 0 Å². The first kappa shape index (κ1) is 17.1. The molecule has 14 heavy (non-hydrogen) atoms. The fourth-order valence-electron chi connectivity index (χ4n) is 0.967. The molecule has 0 amide bonds. The van der Waals surface area contributed by atoms with Crippen molar-refractivity contribution in [2.45, 2.75) is 0 Å². The summed E-state index contributed by atoms with van der Waals surface area (Å²) in [6.45, 7) is 1.01. The fourth-order valence-corrected chi connectivity index (χ4v) is 1.43. The Bertz CT molecular complexity index is 288. The van der Waals surface area contributed by atoms with E-state index in [4.69, 9.17) is 4.55 Å². The summed E-state index contributed by atoms with van der Waals surface area (Å²) in [6, 6.07) is 0. The van der Waals surface area contributed by atoms with Crippen LogP contribution in [0.25, 0.3) is 0 Å². The molecule has 0 saturated heterocycles. The molecule has 5 nitrogen and oxygen atoms in total. The average Bonchev–Trinajstić information content (AvgIpc) is 2.30. The largest absolute Gasteiger partial charge is 1.00 e. The minimum absolute atomic E-state index is 0. The second-order valence-corrected chi connectivity index (χ2v) is 4.37.